The van der Waals surface area contributed by atoms with E-state index in [4.69, 9.17) is 5.73 Å². The number of carbonyl (C=O) groups excluding carboxylic acids is 1. The van der Waals surface area contributed by atoms with E-state index in [1.54, 1.807) is 6.20 Å². The summed E-state index contributed by atoms with van der Waals surface area (Å²) in [5.74, 6) is 0.262. The Morgan fingerprint density at radius 3 is 2.71 bits per heavy atom. The molecule has 0 fully saturated rings. The molecule has 1 amide bonds. The maximum absolute atomic E-state index is 11.9. The fourth-order valence-electron chi connectivity index (χ4n) is 2.20. The van der Waals surface area contributed by atoms with E-state index >= 15 is 0 Å². The molecule has 1 aromatic heterocycles. The molecule has 0 aromatic carbocycles. The molecule has 3 N–H and O–H groups in total. The largest absolute Gasteiger partial charge is 0.330 e. The number of amides is 1. The molecule has 21 heavy (non-hydrogen) atoms. The number of hydrogen-bond acceptors (Lipinski definition) is 4. The van der Waals surface area contributed by atoms with E-state index in [1.807, 2.05) is 10.9 Å². The second-order valence-corrected chi connectivity index (χ2v) is 5.28. The van der Waals surface area contributed by atoms with E-state index in [0.29, 0.717) is 13.0 Å². The van der Waals surface area contributed by atoms with Crippen molar-refractivity contribution < 1.29 is 4.79 Å². The molecular weight excluding hydrogens is 266 g/mol. The van der Waals surface area contributed by atoms with Crippen molar-refractivity contribution in [3.63, 3.8) is 0 Å². The lowest BCUT2D eigenvalue weighted by molar-refractivity contribution is -0.117. The van der Waals surface area contributed by atoms with Crippen LogP contribution < -0.4 is 11.1 Å². The number of aromatic nitrogens is 2. The Labute approximate surface area is 127 Å². The summed E-state index contributed by atoms with van der Waals surface area (Å²) < 4.78 is 1.87. The molecule has 120 valence electrons. The van der Waals surface area contributed by atoms with Gasteiger partial charge >= 0.3 is 0 Å². The van der Waals surface area contributed by atoms with Crippen LogP contribution in [0.25, 0.3) is 0 Å². The molecule has 6 heteroatoms. The third-order valence-electron chi connectivity index (χ3n) is 3.84. The minimum absolute atomic E-state index is 0.00981. The highest BCUT2D eigenvalue weighted by Crippen LogP contribution is 2.10. The quantitative estimate of drug-likeness (QED) is 0.686. The van der Waals surface area contributed by atoms with Gasteiger partial charge in [0, 0.05) is 19.2 Å². The molecule has 0 aliphatic carbocycles. The van der Waals surface area contributed by atoms with Crippen molar-refractivity contribution >= 4 is 11.6 Å². The van der Waals surface area contributed by atoms with Crippen LogP contribution in [-0.2, 0) is 11.3 Å². The zero-order valence-corrected chi connectivity index (χ0v) is 13.5. The van der Waals surface area contributed by atoms with Crippen molar-refractivity contribution in [1.82, 2.24) is 14.7 Å². The molecule has 0 spiro atoms. The number of hydrogen-bond donors (Lipinski definition) is 2. The number of carbonyl (C=O) groups is 1. The van der Waals surface area contributed by atoms with Crippen LogP contribution in [0.5, 0.6) is 0 Å². The molecule has 0 aliphatic heterocycles. The van der Waals surface area contributed by atoms with E-state index < -0.39 is 0 Å². The fraction of sp³-hybridized carbons (Fsp3) is 0.733. The lowest BCUT2D eigenvalue weighted by Gasteiger charge is -2.17. The molecule has 0 bridgehead atoms. The lowest BCUT2D eigenvalue weighted by atomic mass is 10.0. The molecule has 0 radical (unpaired) electrons. The second kappa shape index (κ2) is 9.52. The minimum Gasteiger partial charge on any atom is -0.330 e. The third kappa shape index (κ3) is 6.27. The van der Waals surface area contributed by atoms with Crippen LogP contribution in [0.4, 0.5) is 5.69 Å². The topological polar surface area (TPSA) is 76.2 Å². The van der Waals surface area contributed by atoms with Gasteiger partial charge in [-0.15, -0.1) is 0 Å². The van der Waals surface area contributed by atoms with Gasteiger partial charge in [0.05, 0.1) is 18.4 Å². The highest BCUT2D eigenvalue weighted by Gasteiger charge is 2.11. The normalized spacial score (nSPS) is 12.6. The van der Waals surface area contributed by atoms with Gasteiger partial charge in [-0.2, -0.15) is 5.10 Å². The maximum Gasteiger partial charge on any atom is 0.224 e. The molecule has 0 saturated heterocycles. The van der Waals surface area contributed by atoms with E-state index in [1.165, 1.54) is 0 Å². The molecule has 1 atom stereocenters. The van der Waals surface area contributed by atoms with Crippen LogP contribution in [-0.4, -0.2) is 46.8 Å². The van der Waals surface area contributed by atoms with Gasteiger partial charge in [-0.25, -0.2) is 0 Å². The second-order valence-electron chi connectivity index (χ2n) is 5.28. The summed E-state index contributed by atoms with van der Waals surface area (Å²) in [6.45, 7) is 10.8. The predicted molar refractivity (Wildman–Crippen MR) is 86.1 cm³/mol. The van der Waals surface area contributed by atoms with Crippen molar-refractivity contribution in [2.24, 2.45) is 11.7 Å². The molecule has 6 nitrogen and oxygen atoms in total. The number of nitrogens with zero attached hydrogens (tertiary/aromatic N) is 3. The van der Waals surface area contributed by atoms with Gasteiger partial charge in [0.25, 0.3) is 0 Å². The molecule has 0 saturated carbocycles. The summed E-state index contributed by atoms with van der Waals surface area (Å²) in [6, 6.07) is 0. The van der Waals surface area contributed by atoms with Gasteiger partial charge in [0.1, 0.15) is 0 Å². The van der Waals surface area contributed by atoms with Gasteiger partial charge in [-0.3, -0.25) is 9.48 Å². The van der Waals surface area contributed by atoms with Crippen molar-refractivity contribution in [3.8, 4) is 0 Å². The van der Waals surface area contributed by atoms with Crippen LogP contribution in [0.2, 0.25) is 0 Å². The van der Waals surface area contributed by atoms with Crippen LogP contribution in [0, 0.1) is 5.92 Å². The summed E-state index contributed by atoms with van der Waals surface area (Å²) >= 11 is 0. The van der Waals surface area contributed by atoms with Crippen molar-refractivity contribution in [2.45, 2.75) is 40.2 Å². The lowest BCUT2D eigenvalue weighted by Crippen LogP contribution is -2.27. The standard InChI is InChI=1S/C15H29N5O/c1-4-13(10-16)9-15(21)18-14-11-17-20(12-14)8-7-19(5-2)6-3/h11-13H,4-10,16H2,1-3H3,(H,18,21). The van der Waals surface area contributed by atoms with Crippen molar-refractivity contribution in [1.29, 1.82) is 0 Å². The number of rotatable bonds is 10. The molecule has 1 aromatic rings. The average molecular weight is 295 g/mol. The van der Waals surface area contributed by atoms with Gasteiger partial charge in [-0.1, -0.05) is 27.2 Å². The molecule has 0 aliphatic rings. The fourth-order valence-corrected chi connectivity index (χ4v) is 2.20. The number of nitrogens with two attached hydrogens (primary N) is 1. The maximum atomic E-state index is 11.9. The predicted octanol–water partition coefficient (Wildman–Crippen LogP) is 1.54. The first kappa shape index (κ1) is 17.7. The van der Waals surface area contributed by atoms with Crippen LogP contribution >= 0.6 is 0 Å². The number of nitrogens with one attached hydrogen (secondary N) is 1. The highest BCUT2D eigenvalue weighted by molar-refractivity contribution is 5.90. The summed E-state index contributed by atoms with van der Waals surface area (Å²) in [5, 5.41) is 7.17. The number of likely N-dealkylation sites (N-methyl/N-ethyl adjacent to an activating group) is 1. The summed E-state index contributed by atoms with van der Waals surface area (Å²) in [5.41, 5.74) is 6.38. The summed E-state index contributed by atoms with van der Waals surface area (Å²) in [7, 11) is 0. The van der Waals surface area contributed by atoms with Gasteiger partial charge in [-0.05, 0) is 25.6 Å². The van der Waals surface area contributed by atoms with Gasteiger partial charge < -0.3 is 16.0 Å². The van der Waals surface area contributed by atoms with Gasteiger partial charge in [0.2, 0.25) is 5.91 Å². The zero-order chi connectivity index (χ0) is 15.7. The van der Waals surface area contributed by atoms with Crippen LogP contribution in [0.15, 0.2) is 12.4 Å². The third-order valence-corrected chi connectivity index (χ3v) is 3.84. The minimum atomic E-state index is 0.00981. The van der Waals surface area contributed by atoms with E-state index in [-0.39, 0.29) is 11.8 Å². The Morgan fingerprint density at radius 2 is 2.14 bits per heavy atom. The van der Waals surface area contributed by atoms with Gasteiger partial charge in [0.15, 0.2) is 0 Å². The highest BCUT2D eigenvalue weighted by atomic mass is 16.1. The average Bonchev–Trinajstić information content (AvgIpc) is 2.93. The van der Waals surface area contributed by atoms with E-state index in [2.05, 4.69) is 36.1 Å². The Balaban J connectivity index is 2.42. The Kier molecular flexibility index (Phi) is 8.00. The first-order chi connectivity index (χ1) is 10.1. The Hall–Kier alpha value is -1.40. The Morgan fingerprint density at radius 1 is 1.43 bits per heavy atom. The molecule has 1 unspecified atom stereocenters. The zero-order valence-electron chi connectivity index (χ0n) is 13.5. The first-order valence-electron chi connectivity index (χ1n) is 7.87. The van der Waals surface area contributed by atoms with E-state index in [9.17, 15) is 4.79 Å². The monoisotopic (exact) mass is 295 g/mol. The molecular formula is C15H29N5O. The van der Waals surface area contributed by atoms with Crippen LogP contribution in [0.1, 0.15) is 33.6 Å². The molecule has 1 rings (SSSR count). The summed E-state index contributed by atoms with van der Waals surface area (Å²) in [6.07, 6.45) is 4.97. The van der Waals surface area contributed by atoms with E-state index in [0.717, 1.165) is 38.3 Å². The first-order valence-corrected chi connectivity index (χ1v) is 7.87. The van der Waals surface area contributed by atoms with Crippen molar-refractivity contribution in [2.75, 3.05) is 31.5 Å². The smallest absolute Gasteiger partial charge is 0.224 e. The SMILES string of the molecule is CCC(CN)CC(=O)Nc1cnn(CCN(CC)CC)c1. The number of anilines is 1. The molecule has 1 heterocycles. The summed E-state index contributed by atoms with van der Waals surface area (Å²) in [4.78, 5) is 14.2. The van der Waals surface area contributed by atoms with Crippen molar-refractivity contribution in [3.05, 3.63) is 12.4 Å². The van der Waals surface area contributed by atoms with Crippen LogP contribution in [0.3, 0.4) is 0 Å². The Bertz CT molecular complexity index is 410.